The van der Waals surface area contributed by atoms with Crippen LogP contribution >= 0.6 is 0 Å². The molecule has 1 saturated heterocycles. The highest BCUT2D eigenvalue weighted by atomic mass is 19.1. The molecule has 2 aromatic carbocycles. The number of aromatic nitrogens is 4. The first-order valence-corrected chi connectivity index (χ1v) is 14.6. The van der Waals surface area contributed by atoms with Gasteiger partial charge < -0.3 is 30.7 Å². The Morgan fingerprint density at radius 1 is 1.16 bits per heavy atom. The smallest absolute Gasteiger partial charge is 0.248 e. The molecular formula is C31H37FN8O3. The van der Waals surface area contributed by atoms with Gasteiger partial charge in [-0.05, 0) is 81.7 Å². The number of benzene rings is 2. The van der Waals surface area contributed by atoms with Crippen LogP contribution in [0.25, 0.3) is 16.9 Å². The Morgan fingerprint density at radius 2 is 1.93 bits per heavy atom. The zero-order valence-corrected chi connectivity index (χ0v) is 24.7. The molecule has 4 N–H and O–H groups in total. The number of carbonyl (C=O) groups is 1. The number of halogens is 1. The molecule has 0 unspecified atom stereocenters. The topological polar surface area (TPSA) is 132 Å². The van der Waals surface area contributed by atoms with E-state index in [0.717, 1.165) is 49.0 Å². The highest BCUT2D eigenvalue weighted by Crippen LogP contribution is 2.37. The van der Waals surface area contributed by atoms with Crippen molar-refractivity contribution >= 4 is 34.5 Å². The Labute approximate surface area is 249 Å². The van der Waals surface area contributed by atoms with Gasteiger partial charge in [0.15, 0.2) is 22.8 Å². The highest BCUT2D eigenvalue weighted by Gasteiger charge is 2.40. The fourth-order valence-corrected chi connectivity index (χ4v) is 5.96. The zero-order valence-electron chi connectivity index (χ0n) is 24.7. The summed E-state index contributed by atoms with van der Waals surface area (Å²) in [5.41, 5.74) is 10.4. The summed E-state index contributed by atoms with van der Waals surface area (Å²) in [4.78, 5) is 28.6. The van der Waals surface area contributed by atoms with E-state index in [9.17, 15) is 9.18 Å². The molecule has 1 aliphatic carbocycles. The van der Waals surface area contributed by atoms with Crippen LogP contribution in [0.1, 0.15) is 47.2 Å². The summed E-state index contributed by atoms with van der Waals surface area (Å²) in [7, 11) is 4.01. The van der Waals surface area contributed by atoms with Crippen LogP contribution in [0.15, 0.2) is 42.7 Å². The van der Waals surface area contributed by atoms with E-state index >= 15 is 0 Å². The average Bonchev–Trinajstić information content (AvgIpc) is 3.61. The summed E-state index contributed by atoms with van der Waals surface area (Å²) in [6, 6.07) is 10.0. The fourth-order valence-electron chi connectivity index (χ4n) is 5.96. The second-order valence-corrected chi connectivity index (χ2v) is 11.5. The summed E-state index contributed by atoms with van der Waals surface area (Å²) in [6.07, 6.45) is 5.58. The van der Waals surface area contributed by atoms with E-state index in [-0.39, 0.29) is 11.9 Å². The number of ether oxygens (including phenoxy) is 2. The van der Waals surface area contributed by atoms with Crippen molar-refractivity contribution in [2.45, 2.75) is 50.9 Å². The van der Waals surface area contributed by atoms with Gasteiger partial charge in [0.25, 0.3) is 0 Å². The lowest BCUT2D eigenvalue weighted by atomic mass is 9.90. The third-order valence-electron chi connectivity index (χ3n) is 8.30. The molecule has 0 radical (unpaired) electrons. The minimum atomic E-state index is -0.470. The normalized spacial score (nSPS) is 16.8. The van der Waals surface area contributed by atoms with Gasteiger partial charge in [0.05, 0.1) is 18.9 Å². The number of hydrogen-bond donors (Lipinski definition) is 3. The molecule has 11 nitrogen and oxygen atoms in total. The molecule has 1 spiro atoms. The SMILES string of the molecule is Cc1c(C(N)=O)ccc(Nc2nc(NC3CCC4(CC3)OCCO4)nc3c2ncn3-c2cccc(F)c2)c1CCN(C)C. The van der Waals surface area contributed by atoms with Gasteiger partial charge in [0, 0.05) is 36.7 Å². The standard InChI is InChI=1S/C31H37FN8O3/c1-19-23(11-14-39(2)3)25(8-7-24(19)27(33)41)36-28-26-29(40(18-34-26)22-6-4-5-20(32)17-22)38-30(37-28)35-21-9-12-31(13-10-21)42-15-16-43-31/h4-8,17-18,21H,9-16H2,1-3H3,(H2,33,41)(H2,35,36,37,38). The number of nitrogens with two attached hydrogens (primary N) is 1. The molecule has 1 saturated carbocycles. The minimum absolute atomic E-state index is 0.127. The number of amides is 1. The van der Waals surface area contributed by atoms with Gasteiger partial charge in [0.2, 0.25) is 11.9 Å². The number of rotatable bonds is 9. The van der Waals surface area contributed by atoms with Crippen LogP contribution in [0, 0.1) is 12.7 Å². The summed E-state index contributed by atoms with van der Waals surface area (Å²) in [5, 5.41) is 7.01. The van der Waals surface area contributed by atoms with Crippen molar-refractivity contribution < 1.29 is 18.7 Å². The predicted octanol–water partition coefficient (Wildman–Crippen LogP) is 4.31. The third kappa shape index (κ3) is 6.03. The first-order chi connectivity index (χ1) is 20.7. The Hall–Kier alpha value is -4.13. The molecule has 0 bridgehead atoms. The molecule has 1 amide bonds. The molecule has 3 heterocycles. The van der Waals surface area contributed by atoms with Crippen LogP contribution in [-0.2, 0) is 15.9 Å². The Bertz CT molecular complexity index is 1640. The predicted molar refractivity (Wildman–Crippen MR) is 162 cm³/mol. The van der Waals surface area contributed by atoms with Gasteiger partial charge in [-0.2, -0.15) is 9.97 Å². The van der Waals surface area contributed by atoms with Crippen LogP contribution in [0.2, 0.25) is 0 Å². The van der Waals surface area contributed by atoms with E-state index in [4.69, 9.17) is 25.2 Å². The maximum atomic E-state index is 14.2. The van der Waals surface area contributed by atoms with Gasteiger partial charge in [0.1, 0.15) is 12.1 Å². The fraction of sp³-hybridized carbons (Fsp3) is 0.419. The van der Waals surface area contributed by atoms with Crippen LogP contribution < -0.4 is 16.4 Å². The molecule has 0 atom stereocenters. The second-order valence-electron chi connectivity index (χ2n) is 11.5. The lowest BCUT2D eigenvalue weighted by Crippen LogP contribution is -2.39. The van der Waals surface area contributed by atoms with Gasteiger partial charge >= 0.3 is 0 Å². The van der Waals surface area contributed by atoms with E-state index in [0.29, 0.717) is 53.8 Å². The summed E-state index contributed by atoms with van der Waals surface area (Å²) < 4.78 is 27.7. The molecule has 226 valence electrons. The number of primary amides is 1. The number of imidazole rings is 1. The molecule has 12 heteroatoms. The molecule has 2 aromatic heterocycles. The number of likely N-dealkylation sites (N-methyl/N-ethyl adjacent to an activating group) is 1. The average molecular weight is 589 g/mol. The van der Waals surface area contributed by atoms with Gasteiger partial charge in [-0.1, -0.05) is 6.07 Å². The largest absolute Gasteiger partial charge is 0.366 e. The molecule has 1 aliphatic heterocycles. The Morgan fingerprint density at radius 3 is 2.63 bits per heavy atom. The molecule has 6 rings (SSSR count). The zero-order chi connectivity index (χ0) is 30.1. The molecule has 2 aliphatic rings. The summed E-state index contributed by atoms with van der Waals surface area (Å²) in [5.74, 6) is -0.364. The number of nitrogens with one attached hydrogen (secondary N) is 2. The van der Waals surface area contributed by atoms with E-state index in [2.05, 4.69) is 20.5 Å². The van der Waals surface area contributed by atoms with Crippen molar-refractivity contribution in [1.82, 2.24) is 24.4 Å². The second kappa shape index (κ2) is 11.9. The van der Waals surface area contributed by atoms with Crippen LogP contribution in [0.4, 0.5) is 21.8 Å². The van der Waals surface area contributed by atoms with Crippen LogP contribution in [0.3, 0.4) is 0 Å². The highest BCUT2D eigenvalue weighted by molar-refractivity contribution is 5.96. The molecular weight excluding hydrogens is 551 g/mol. The van der Waals surface area contributed by atoms with E-state index < -0.39 is 11.7 Å². The monoisotopic (exact) mass is 588 g/mol. The van der Waals surface area contributed by atoms with Crippen molar-refractivity contribution in [3.63, 3.8) is 0 Å². The summed E-state index contributed by atoms with van der Waals surface area (Å²) in [6.45, 7) is 3.94. The molecule has 4 aromatic rings. The van der Waals surface area contributed by atoms with Crippen LogP contribution in [-0.4, -0.2) is 76.0 Å². The maximum Gasteiger partial charge on any atom is 0.248 e. The van der Waals surface area contributed by atoms with Crippen molar-refractivity contribution in [3.8, 4) is 5.69 Å². The maximum absolute atomic E-state index is 14.2. The first-order valence-electron chi connectivity index (χ1n) is 14.6. The van der Waals surface area contributed by atoms with Crippen molar-refractivity contribution in [3.05, 3.63) is 65.2 Å². The Balaban J connectivity index is 1.39. The van der Waals surface area contributed by atoms with E-state index in [1.807, 2.05) is 27.1 Å². The van der Waals surface area contributed by atoms with E-state index in [1.165, 1.54) is 12.1 Å². The van der Waals surface area contributed by atoms with Gasteiger partial charge in [-0.15, -0.1) is 0 Å². The van der Waals surface area contributed by atoms with Crippen LogP contribution in [0.5, 0.6) is 0 Å². The van der Waals surface area contributed by atoms with Crippen molar-refractivity contribution in [1.29, 1.82) is 0 Å². The molecule has 43 heavy (non-hydrogen) atoms. The van der Waals surface area contributed by atoms with E-state index in [1.54, 1.807) is 29.1 Å². The quantitative estimate of drug-likeness (QED) is 0.262. The lowest BCUT2D eigenvalue weighted by molar-refractivity contribution is -0.177. The number of anilines is 3. The van der Waals surface area contributed by atoms with Gasteiger partial charge in [-0.3, -0.25) is 9.36 Å². The molecule has 2 fully saturated rings. The van der Waals surface area contributed by atoms with Crippen molar-refractivity contribution in [2.24, 2.45) is 5.73 Å². The minimum Gasteiger partial charge on any atom is -0.366 e. The van der Waals surface area contributed by atoms with Crippen molar-refractivity contribution in [2.75, 3.05) is 44.5 Å². The third-order valence-corrected chi connectivity index (χ3v) is 8.30. The number of hydrogen-bond acceptors (Lipinski definition) is 9. The number of fused-ring (bicyclic) bond motifs is 1. The number of nitrogens with zero attached hydrogens (tertiary/aromatic N) is 5. The van der Waals surface area contributed by atoms with Gasteiger partial charge in [-0.25, -0.2) is 9.37 Å². The lowest BCUT2D eigenvalue weighted by Gasteiger charge is -2.35. The number of carbonyl (C=O) groups excluding carboxylic acids is 1. The first kappa shape index (κ1) is 29.0. The Kier molecular flexibility index (Phi) is 7.99. The summed E-state index contributed by atoms with van der Waals surface area (Å²) >= 11 is 0.